The van der Waals surface area contributed by atoms with Gasteiger partial charge in [-0.2, -0.15) is 0 Å². The summed E-state index contributed by atoms with van der Waals surface area (Å²) in [7, 11) is -3.09. The molecule has 2 aromatic rings. The van der Waals surface area contributed by atoms with Crippen LogP contribution >= 0.6 is 7.14 Å². The summed E-state index contributed by atoms with van der Waals surface area (Å²) in [4.78, 5) is 11.4. The van der Waals surface area contributed by atoms with Gasteiger partial charge in [0.15, 0.2) is 13.0 Å². The first-order valence-electron chi connectivity index (χ1n) is 7.26. The number of hydrogen-bond donors (Lipinski definition) is 0. The van der Waals surface area contributed by atoms with Crippen LogP contribution in [0, 0.1) is 13.8 Å². The number of hydrogen-bond acceptors (Lipinski definition) is 3. The number of rotatable bonds is 4. The van der Waals surface area contributed by atoms with Crippen LogP contribution in [0.5, 0.6) is 0 Å². The van der Waals surface area contributed by atoms with Gasteiger partial charge in [0.05, 0.1) is 0 Å². The summed E-state index contributed by atoms with van der Waals surface area (Å²) in [5, 5.41) is 1.50. The Morgan fingerprint density at radius 3 is 1.73 bits per heavy atom. The highest BCUT2D eigenvalue weighted by Crippen LogP contribution is 2.50. The van der Waals surface area contributed by atoms with Crippen LogP contribution in [-0.2, 0) is 14.1 Å². The van der Waals surface area contributed by atoms with Crippen molar-refractivity contribution in [1.82, 2.24) is 0 Å². The lowest BCUT2D eigenvalue weighted by Crippen LogP contribution is -2.29. The standard InChI is InChI=1S/C18H21O3P/c1-13-9-5-7-11-17(13)22(20,16(4)21-15(3)19)18-12-8-6-10-14(18)2/h5-12,16H,1-4H3. The minimum atomic E-state index is -3.09. The fourth-order valence-electron chi connectivity index (χ4n) is 2.71. The van der Waals surface area contributed by atoms with Crippen LogP contribution in [0.4, 0.5) is 0 Å². The van der Waals surface area contributed by atoms with Gasteiger partial charge in [-0.05, 0) is 31.9 Å². The van der Waals surface area contributed by atoms with Gasteiger partial charge in [0.2, 0.25) is 0 Å². The van der Waals surface area contributed by atoms with Crippen LogP contribution in [0.15, 0.2) is 48.5 Å². The van der Waals surface area contributed by atoms with Crippen molar-refractivity contribution in [2.45, 2.75) is 33.5 Å². The van der Waals surface area contributed by atoms with Crippen molar-refractivity contribution in [1.29, 1.82) is 0 Å². The molecule has 0 saturated carbocycles. The summed E-state index contributed by atoms with van der Waals surface area (Å²) >= 11 is 0. The SMILES string of the molecule is CC(=O)OC(C)P(=O)(c1ccccc1C)c1ccccc1C. The van der Waals surface area contributed by atoms with E-state index in [1.54, 1.807) is 6.92 Å². The van der Waals surface area contributed by atoms with Gasteiger partial charge in [-0.15, -0.1) is 0 Å². The smallest absolute Gasteiger partial charge is 0.303 e. The molecule has 0 bridgehead atoms. The van der Waals surface area contributed by atoms with E-state index in [4.69, 9.17) is 4.74 Å². The first-order valence-corrected chi connectivity index (χ1v) is 9.04. The zero-order valence-corrected chi connectivity index (χ0v) is 14.3. The molecule has 1 atom stereocenters. The Hall–Kier alpha value is -1.86. The summed E-state index contributed by atoms with van der Waals surface area (Å²) in [6.45, 7) is 6.92. The maximum absolute atomic E-state index is 14.0. The lowest BCUT2D eigenvalue weighted by Gasteiger charge is -2.27. The van der Waals surface area contributed by atoms with Gasteiger partial charge in [0.25, 0.3) is 0 Å². The maximum Gasteiger partial charge on any atom is 0.303 e. The lowest BCUT2D eigenvalue weighted by atomic mass is 10.2. The fourth-order valence-corrected chi connectivity index (χ4v) is 5.86. The molecule has 2 aromatic carbocycles. The molecule has 3 nitrogen and oxygen atoms in total. The summed E-state index contributed by atoms with van der Waals surface area (Å²) in [6, 6.07) is 15.2. The Kier molecular flexibility index (Phi) is 4.87. The second-order valence-corrected chi connectivity index (χ2v) is 8.45. The Morgan fingerprint density at radius 1 is 0.955 bits per heavy atom. The highest BCUT2D eigenvalue weighted by atomic mass is 31.2. The maximum atomic E-state index is 14.0. The van der Waals surface area contributed by atoms with Crippen LogP contribution in [0.25, 0.3) is 0 Å². The van der Waals surface area contributed by atoms with E-state index < -0.39 is 19.0 Å². The molecule has 0 aromatic heterocycles. The van der Waals surface area contributed by atoms with Crippen LogP contribution in [0.2, 0.25) is 0 Å². The molecule has 1 unspecified atom stereocenters. The number of benzene rings is 2. The molecule has 0 heterocycles. The zero-order chi connectivity index (χ0) is 16.3. The molecule has 116 valence electrons. The zero-order valence-electron chi connectivity index (χ0n) is 13.4. The molecule has 0 N–H and O–H groups in total. The predicted molar refractivity (Wildman–Crippen MR) is 90.5 cm³/mol. The highest BCUT2D eigenvalue weighted by Gasteiger charge is 2.38. The average molecular weight is 316 g/mol. The first-order chi connectivity index (χ1) is 10.4. The van der Waals surface area contributed by atoms with Gasteiger partial charge in [0.1, 0.15) is 0 Å². The molecule has 0 radical (unpaired) electrons. The quantitative estimate of drug-likeness (QED) is 0.640. The van der Waals surface area contributed by atoms with E-state index in [2.05, 4.69) is 0 Å². The molecule has 0 fully saturated rings. The van der Waals surface area contributed by atoms with Crippen LogP contribution in [0.3, 0.4) is 0 Å². The van der Waals surface area contributed by atoms with E-state index >= 15 is 0 Å². The molecule has 0 spiro atoms. The Bertz CT molecular complexity index is 687. The summed E-state index contributed by atoms with van der Waals surface area (Å²) in [6.07, 6.45) is 0. The first kappa shape index (κ1) is 16.5. The third-order valence-electron chi connectivity index (χ3n) is 3.80. The van der Waals surface area contributed by atoms with Crippen molar-refractivity contribution >= 4 is 23.7 Å². The largest absolute Gasteiger partial charge is 0.454 e. The van der Waals surface area contributed by atoms with Crippen molar-refractivity contribution in [3.63, 3.8) is 0 Å². The topological polar surface area (TPSA) is 43.4 Å². The molecule has 0 aliphatic rings. The van der Waals surface area contributed by atoms with Gasteiger partial charge >= 0.3 is 5.97 Å². The summed E-state index contributed by atoms with van der Waals surface area (Å²) in [5.74, 6) is -1.12. The lowest BCUT2D eigenvalue weighted by molar-refractivity contribution is -0.142. The molecule has 0 saturated heterocycles. The van der Waals surface area contributed by atoms with Crippen molar-refractivity contribution in [3.8, 4) is 0 Å². The van der Waals surface area contributed by atoms with Gasteiger partial charge in [-0.25, -0.2) is 0 Å². The van der Waals surface area contributed by atoms with Crippen LogP contribution in [0.1, 0.15) is 25.0 Å². The van der Waals surface area contributed by atoms with Gasteiger partial charge in [-0.1, -0.05) is 48.5 Å². The van der Waals surface area contributed by atoms with Gasteiger partial charge < -0.3 is 9.30 Å². The number of ether oxygens (including phenoxy) is 1. The number of esters is 1. The van der Waals surface area contributed by atoms with E-state index in [1.165, 1.54) is 6.92 Å². The van der Waals surface area contributed by atoms with E-state index in [9.17, 15) is 9.36 Å². The Balaban J connectivity index is 2.70. The molecular formula is C18H21O3P. The molecule has 22 heavy (non-hydrogen) atoms. The molecule has 2 rings (SSSR count). The van der Waals surface area contributed by atoms with E-state index in [-0.39, 0.29) is 0 Å². The number of aryl methyl sites for hydroxylation is 2. The molecule has 0 aliphatic heterocycles. The van der Waals surface area contributed by atoms with E-state index in [1.807, 2.05) is 62.4 Å². The summed E-state index contributed by atoms with van der Waals surface area (Å²) < 4.78 is 19.3. The van der Waals surface area contributed by atoms with Gasteiger partial charge in [0, 0.05) is 17.5 Å². The molecule has 0 amide bonds. The number of carbonyl (C=O) groups excluding carboxylic acids is 1. The summed E-state index contributed by atoms with van der Waals surface area (Å²) in [5.41, 5.74) is 1.88. The predicted octanol–water partition coefficient (Wildman–Crippen LogP) is 3.53. The third-order valence-corrected chi connectivity index (χ3v) is 7.36. The fraction of sp³-hybridized carbons (Fsp3) is 0.278. The molecule has 4 heteroatoms. The van der Waals surface area contributed by atoms with E-state index in [0.29, 0.717) is 0 Å². The number of carbonyl (C=O) groups is 1. The minimum Gasteiger partial charge on any atom is -0.454 e. The highest BCUT2D eigenvalue weighted by molar-refractivity contribution is 7.79. The second kappa shape index (κ2) is 6.50. The normalized spacial score (nSPS) is 12.7. The second-order valence-electron chi connectivity index (χ2n) is 5.44. The monoisotopic (exact) mass is 316 g/mol. The van der Waals surface area contributed by atoms with Crippen LogP contribution in [-0.4, -0.2) is 11.8 Å². The van der Waals surface area contributed by atoms with Crippen molar-refractivity contribution < 1.29 is 14.1 Å². The molecular weight excluding hydrogens is 295 g/mol. The Labute approximate surface area is 131 Å². The third kappa shape index (κ3) is 3.00. The average Bonchev–Trinajstić information content (AvgIpc) is 2.46. The molecule has 0 aliphatic carbocycles. The van der Waals surface area contributed by atoms with Crippen molar-refractivity contribution in [3.05, 3.63) is 59.7 Å². The van der Waals surface area contributed by atoms with Gasteiger partial charge in [-0.3, -0.25) is 4.79 Å². The van der Waals surface area contributed by atoms with Crippen molar-refractivity contribution in [2.24, 2.45) is 0 Å². The van der Waals surface area contributed by atoms with Crippen molar-refractivity contribution in [2.75, 3.05) is 0 Å². The van der Waals surface area contributed by atoms with Crippen LogP contribution < -0.4 is 10.6 Å². The minimum absolute atomic E-state index is 0.421. The van der Waals surface area contributed by atoms with E-state index in [0.717, 1.165) is 21.7 Å². The Morgan fingerprint density at radius 2 is 1.36 bits per heavy atom.